The van der Waals surface area contributed by atoms with Gasteiger partial charge in [0.25, 0.3) is 0 Å². The van der Waals surface area contributed by atoms with Crippen LogP contribution in [0.5, 0.6) is 17.2 Å². The normalized spacial score (nSPS) is 13.5. The van der Waals surface area contributed by atoms with Gasteiger partial charge in [0.15, 0.2) is 5.78 Å². The number of nitrogens with two attached hydrogens (primary N) is 1. The fourth-order valence-corrected chi connectivity index (χ4v) is 10.5. The molecule has 0 radical (unpaired) electrons. The number of Topliss-reactive ketones (excluding diaryl/α,β-unsaturated/α-hetero) is 1. The molecule has 0 aliphatic carbocycles. The van der Waals surface area contributed by atoms with Crippen LogP contribution < -0.4 is 63.3 Å². The smallest absolute Gasteiger partial charge is 0.410 e. The molecule has 0 atom stereocenters. The fourth-order valence-electron chi connectivity index (χ4n) is 10.5. The lowest BCUT2D eigenvalue weighted by Crippen LogP contribution is -2.43. The van der Waals surface area contributed by atoms with E-state index in [1.54, 1.807) is 55.7 Å². The van der Waals surface area contributed by atoms with E-state index in [0.29, 0.717) is 79.6 Å². The number of rotatable bonds is 15. The Hall–Kier alpha value is -11.0. The van der Waals surface area contributed by atoms with Crippen LogP contribution in [0.15, 0.2) is 97.0 Å². The van der Waals surface area contributed by atoms with Crippen LogP contribution in [0.1, 0.15) is 87.6 Å². The number of aromatic nitrogens is 10. The highest BCUT2D eigenvalue weighted by atomic mass is 16.6. The van der Waals surface area contributed by atoms with Crippen LogP contribution in [-0.4, -0.2) is 176 Å². The minimum absolute atomic E-state index is 0. The summed E-state index contributed by atoms with van der Waals surface area (Å²) in [4.78, 5) is 67.7. The summed E-state index contributed by atoms with van der Waals surface area (Å²) >= 11 is 0. The van der Waals surface area contributed by atoms with Gasteiger partial charge in [-0.05, 0) is 117 Å². The zero-order valence-corrected chi connectivity index (χ0v) is 59.9. The highest BCUT2D eigenvalue weighted by Gasteiger charge is 2.31. The standard InChI is InChI=1S/C24H31N7O3.C19H23N7O.C13H17N5O.C13H22N2O3.H3N/c1-15-11-21(25-5)29-22(27-15)28-17-7-8-20(33-6)19(12-17)31-18-9-10-30(14-16(18)13-26-31)23(32)34-24(2,3)4;1-12-8-18(20-2)25-19(23-12)24-14-4-5-17(27-3)16(9-14)26-15-6-7-21-10-13(15)11-22-26;1-8-6-12(15-2)18-13(16-8)17-9-4-5-11(19-3)10(14)7-9;1-13(2,3)18-12(17)15-7-6-11(16)10(9-15)8-14(4)5;/h7-8,11-13H,9-10,14H2,1-6H3,(H2,25,27,28,29);4-5,8-9,11,21H,6-7,10H2,1-3H3,(H2,20,23,24,25);4-7H,14H2,1-3H3,(H2,15,16,17,18);8H,6-7,9H2,1-5H3;1H3/b;;;10-8+;. The van der Waals surface area contributed by atoms with E-state index in [-0.39, 0.29) is 24.1 Å². The van der Waals surface area contributed by atoms with E-state index in [1.165, 1.54) is 11.3 Å². The van der Waals surface area contributed by atoms with Crippen LogP contribution in [0.2, 0.25) is 0 Å². The highest BCUT2D eigenvalue weighted by Crippen LogP contribution is 2.34. The van der Waals surface area contributed by atoms with Crippen molar-refractivity contribution in [2.24, 2.45) is 0 Å². The summed E-state index contributed by atoms with van der Waals surface area (Å²) in [6.07, 6.45) is 6.76. The Morgan fingerprint density at radius 2 is 0.980 bits per heavy atom. The second-order valence-electron chi connectivity index (χ2n) is 25.3. The molecule has 2 amide bonds. The molecule has 11 rings (SSSR count). The molecule has 8 aromatic rings. The molecule has 3 aliphatic heterocycles. The monoisotopic (exact) mass is 1360 g/mol. The van der Waals surface area contributed by atoms with Crippen molar-refractivity contribution in [3.8, 4) is 28.6 Å². The molecule has 30 heteroatoms. The van der Waals surface area contributed by atoms with Gasteiger partial charge in [-0.3, -0.25) is 4.79 Å². The number of carbonyl (C=O) groups is 3. The molecule has 530 valence electrons. The molecule has 0 bridgehead atoms. The third-order valence-corrected chi connectivity index (χ3v) is 14.9. The number of aryl methyl sites for hydroxylation is 3. The topological polar surface area (TPSA) is 365 Å². The summed E-state index contributed by atoms with van der Waals surface area (Å²) in [5, 5.41) is 31.3. The summed E-state index contributed by atoms with van der Waals surface area (Å²) < 4.78 is 31.0. The van der Waals surface area contributed by atoms with E-state index >= 15 is 0 Å². The molecule has 3 aliphatic rings. The number of anilines is 10. The maximum atomic E-state index is 12.5. The van der Waals surface area contributed by atoms with E-state index in [9.17, 15) is 14.4 Å². The number of likely N-dealkylation sites (tertiary alicyclic amines) is 1. The molecule has 5 aromatic heterocycles. The molecule has 1 saturated heterocycles. The van der Waals surface area contributed by atoms with Crippen LogP contribution in [0, 0.1) is 20.8 Å². The number of hydrogen-bond acceptors (Lipinski definition) is 26. The van der Waals surface area contributed by atoms with Gasteiger partial charge < -0.3 is 87.5 Å². The second-order valence-corrected chi connectivity index (χ2v) is 25.3. The van der Waals surface area contributed by atoms with E-state index in [4.69, 9.17) is 29.4 Å². The van der Waals surface area contributed by atoms with Gasteiger partial charge in [-0.2, -0.15) is 25.1 Å². The van der Waals surface area contributed by atoms with Crippen molar-refractivity contribution >= 4 is 76.0 Å². The van der Waals surface area contributed by atoms with Crippen molar-refractivity contribution in [3.63, 3.8) is 0 Å². The summed E-state index contributed by atoms with van der Waals surface area (Å²) in [5.74, 6) is 6.03. The number of benzene rings is 3. The van der Waals surface area contributed by atoms with Gasteiger partial charge in [0, 0.05) is 156 Å². The summed E-state index contributed by atoms with van der Waals surface area (Å²) in [6.45, 7) is 20.4. The minimum Gasteiger partial charge on any atom is -0.495 e. The number of ether oxygens (including phenoxy) is 5. The number of amides is 2. The molecule has 99 heavy (non-hydrogen) atoms. The zero-order chi connectivity index (χ0) is 71.0. The molecule has 3 aromatic carbocycles. The van der Waals surface area contributed by atoms with Crippen molar-refractivity contribution in [2.45, 2.75) is 106 Å². The Bertz CT molecular complexity index is 4120. The number of piperidine rings is 1. The van der Waals surface area contributed by atoms with Crippen LogP contribution in [0.4, 0.5) is 67.6 Å². The Kier molecular flexibility index (Phi) is 25.7. The number of carbonyl (C=O) groups excluding carboxylic acids is 3. The fraction of sp³-hybridized carbons (Fsp3) is 0.406. The van der Waals surface area contributed by atoms with Crippen molar-refractivity contribution in [1.29, 1.82) is 0 Å². The molecular weight excluding hydrogens is 1260 g/mol. The van der Waals surface area contributed by atoms with Gasteiger partial charge in [-0.25, -0.2) is 33.9 Å². The molecule has 8 heterocycles. The van der Waals surface area contributed by atoms with E-state index in [2.05, 4.69) is 77.3 Å². The van der Waals surface area contributed by atoms with Crippen molar-refractivity contribution in [3.05, 3.63) is 137 Å². The number of nitrogens with one attached hydrogen (secondary N) is 7. The molecule has 30 nitrogen and oxygen atoms in total. The first-order chi connectivity index (χ1) is 46.6. The number of methoxy groups -OCH3 is 3. The maximum Gasteiger partial charge on any atom is 0.410 e. The lowest BCUT2D eigenvalue weighted by atomic mass is 10.0. The van der Waals surface area contributed by atoms with Crippen molar-refractivity contribution in [2.75, 3.05) is 120 Å². The van der Waals surface area contributed by atoms with E-state index in [1.807, 2.05) is 179 Å². The van der Waals surface area contributed by atoms with Crippen molar-refractivity contribution in [1.82, 2.24) is 75.6 Å². The van der Waals surface area contributed by atoms with Gasteiger partial charge in [-0.1, -0.05) is 0 Å². The highest BCUT2D eigenvalue weighted by molar-refractivity contribution is 5.97. The summed E-state index contributed by atoms with van der Waals surface area (Å²) in [7, 11) is 14.1. The third kappa shape index (κ3) is 21.0. The number of ketones is 1. The molecule has 0 spiro atoms. The van der Waals surface area contributed by atoms with E-state index in [0.717, 1.165) is 99.5 Å². The predicted octanol–water partition coefficient (Wildman–Crippen LogP) is 10.4. The van der Waals surface area contributed by atoms with E-state index < -0.39 is 11.2 Å². The SMILES string of the molecule is CN(C)/C=C1\CN(C(=O)OC(C)(C)C)CCC1=O.CNc1cc(C)nc(Nc2ccc(OC)c(-n3ncc4c3CCN(C(=O)OC(C)(C)C)C4)c2)n1.CNc1cc(C)nc(Nc2ccc(OC)c(-n3ncc4c3CCNC4)c2)n1.CNc1cc(C)nc(Nc2ccc(OC)c(N)c2)n1.N. The lowest BCUT2D eigenvalue weighted by Gasteiger charge is -2.30. The Labute approximate surface area is 578 Å². The van der Waals surface area contributed by atoms with Gasteiger partial charge >= 0.3 is 12.2 Å². The number of fused-ring (bicyclic) bond motifs is 2. The number of nitrogens with zero attached hydrogens (tertiary/aromatic N) is 13. The van der Waals surface area contributed by atoms with Crippen molar-refractivity contribution < 1.29 is 38.1 Å². The number of hydrogen-bond donors (Lipinski definition) is 9. The van der Waals surface area contributed by atoms with Gasteiger partial charge in [-0.15, -0.1) is 0 Å². The van der Waals surface area contributed by atoms with Crippen LogP contribution in [-0.2, 0) is 40.2 Å². The third-order valence-electron chi connectivity index (χ3n) is 14.9. The largest absolute Gasteiger partial charge is 0.495 e. The summed E-state index contributed by atoms with van der Waals surface area (Å²) in [6, 6.07) is 22.7. The Morgan fingerprint density at radius 3 is 1.40 bits per heavy atom. The first kappa shape index (κ1) is 75.4. The molecular formula is C69H96N22O8. The van der Waals surface area contributed by atoms with Crippen LogP contribution in [0.3, 0.4) is 0 Å². The lowest BCUT2D eigenvalue weighted by molar-refractivity contribution is -0.117. The molecule has 0 unspecified atom stereocenters. The minimum atomic E-state index is -0.530. The Morgan fingerprint density at radius 1 is 0.566 bits per heavy atom. The predicted molar refractivity (Wildman–Crippen MR) is 386 cm³/mol. The zero-order valence-electron chi connectivity index (χ0n) is 59.9. The first-order valence-corrected chi connectivity index (χ1v) is 32.1. The quantitative estimate of drug-likeness (QED) is 0.0340. The van der Waals surface area contributed by atoms with Crippen LogP contribution >= 0.6 is 0 Å². The first-order valence-electron chi connectivity index (χ1n) is 32.1. The van der Waals surface area contributed by atoms with Crippen LogP contribution in [0.25, 0.3) is 11.4 Å². The van der Waals surface area contributed by atoms with Gasteiger partial charge in [0.05, 0.1) is 63.9 Å². The molecule has 0 saturated carbocycles. The van der Waals surface area contributed by atoms with Gasteiger partial charge in [0.2, 0.25) is 17.8 Å². The average molecular weight is 1360 g/mol. The average Bonchev–Trinajstić information content (AvgIpc) is 1.68. The molecule has 1 fully saturated rings. The Balaban J connectivity index is 0.000000191. The molecule has 12 N–H and O–H groups in total. The second kappa shape index (κ2) is 33.8. The number of nitrogen functional groups attached to an aromatic ring is 1. The summed E-state index contributed by atoms with van der Waals surface area (Å²) in [5.41, 5.74) is 17.3. The maximum absolute atomic E-state index is 12.5. The van der Waals surface area contributed by atoms with Gasteiger partial charge in [0.1, 0.15) is 57.3 Å².